The summed E-state index contributed by atoms with van der Waals surface area (Å²) in [6, 6.07) is 2.59. The van der Waals surface area contributed by atoms with Crippen LogP contribution in [0.1, 0.15) is 30.9 Å². The molecule has 2 N–H and O–H groups in total. The number of piperidine rings is 1. The van der Waals surface area contributed by atoms with Crippen LogP contribution in [0.5, 0.6) is 0 Å². The van der Waals surface area contributed by atoms with Gasteiger partial charge in [-0.2, -0.15) is 0 Å². The molecule has 0 radical (unpaired) electrons. The molecule has 140 valence electrons. The van der Waals surface area contributed by atoms with E-state index in [1.807, 2.05) is 18.5 Å². The Labute approximate surface area is 169 Å². The maximum atomic E-state index is 4.74. The molecule has 25 heavy (non-hydrogen) atoms. The summed E-state index contributed by atoms with van der Waals surface area (Å²) in [5.74, 6) is 0.936. The summed E-state index contributed by atoms with van der Waals surface area (Å²) in [7, 11) is 0. The third-order valence-corrected chi connectivity index (χ3v) is 4.45. The molecule has 1 fully saturated rings. The predicted octanol–water partition coefficient (Wildman–Crippen LogP) is 2.76. The van der Waals surface area contributed by atoms with Gasteiger partial charge in [0.2, 0.25) is 0 Å². The zero-order valence-electron chi connectivity index (χ0n) is 15.5. The van der Waals surface area contributed by atoms with E-state index >= 15 is 0 Å². The van der Waals surface area contributed by atoms with Crippen molar-refractivity contribution in [2.75, 3.05) is 32.7 Å². The Balaban J connectivity index is 0.00000312. The SMILES string of the molecule is C=CCN1CCC(NC(=NCCc2ccncc2C)NCC)CC1.I. The third kappa shape index (κ3) is 7.73. The topological polar surface area (TPSA) is 52.5 Å². The maximum Gasteiger partial charge on any atom is 0.191 e. The number of nitrogens with zero attached hydrogens (tertiary/aromatic N) is 3. The van der Waals surface area contributed by atoms with E-state index in [2.05, 4.69) is 47.0 Å². The highest BCUT2D eigenvalue weighted by molar-refractivity contribution is 14.0. The van der Waals surface area contributed by atoms with Crippen LogP contribution < -0.4 is 10.6 Å². The average Bonchev–Trinajstić information content (AvgIpc) is 2.59. The van der Waals surface area contributed by atoms with Crippen LogP contribution >= 0.6 is 24.0 Å². The fourth-order valence-electron chi connectivity index (χ4n) is 3.03. The number of guanidine groups is 1. The normalized spacial score (nSPS) is 16.2. The van der Waals surface area contributed by atoms with Crippen LogP contribution in [0.4, 0.5) is 0 Å². The summed E-state index contributed by atoms with van der Waals surface area (Å²) < 4.78 is 0. The number of halogens is 1. The first-order chi connectivity index (χ1) is 11.7. The number of rotatable bonds is 7. The van der Waals surface area contributed by atoms with E-state index in [4.69, 9.17) is 4.99 Å². The first-order valence-electron chi connectivity index (χ1n) is 9.00. The zero-order valence-corrected chi connectivity index (χ0v) is 17.8. The second-order valence-electron chi connectivity index (χ2n) is 6.32. The second kappa shape index (κ2) is 12.2. The van der Waals surface area contributed by atoms with Crippen LogP contribution in [-0.2, 0) is 6.42 Å². The smallest absolute Gasteiger partial charge is 0.191 e. The van der Waals surface area contributed by atoms with Crippen molar-refractivity contribution in [3.8, 4) is 0 Å². The van der Waals surface area contributed by atoms with Gasteiger partial charge in [-0.05, 0) is 50.3 Å². The first kappa shape index (κ1) is 21.9. The molecular formula is C19H32IN5. The minimum Gasteiger partial charge on any atom is -0.357 e. The van der Waals surface area contributed by atoms with Crippen LogP contribution in [0.15, 0.2) is 36.1 Å². The molecule has 1 aliphatic heterocycles. The van der Waals surface area contributed by atoms with Gasteiger partial charge in [-0.1, -0.05) is 6.08 Å². The van der Waals surface area contributed by atoms with Gasteiger partial charge < -0.3 is 10.6 Å². The highest BCUT2D eigenvalue weighted by Crippen LogP contribution is 2.10. The van der Waals surface area contributed by atoms with Gasteiger partial charge in [0.1, 0.15) is 0 Å². The van der Waals surface area contributed by atoms with Crippen LogP contribution in [-0.4, -0.2) is 54.6 Å². The minimum atomic E-state index is 0. The number of nitrogens with one attached hydrogen (secondary N) is 2. The van der Waals surface area contributed by atoms with Crippen molar-refractivity contribution >= 4 is 29.9 Å². The summed E-state index contributed by atoms with van der Waals surface area (Å²) in [4.78, 5) is 11.3. The molecule has 2 rings (SSSR count). The Morgan fingerprint density at radius 1 is 1.44 bits per heavy atom. The Morgan fingerprint density at radius 3 is 2.84 bits per heavy atom. The number of aromatic nitrogens is 1. The number of aliphatic imine (C=N–C) groups is 1. The minimum absolute atomic E-state index is 0. The fourth-order valence-corrected chi connectivity index (χ4v) is 3.03. The van der Waals surface area contributed by atoms with E-state index in [1.165, 1.54) is 11.1 Å². The van der Waals surface area contributed by atoms with Crippen molar-refractivity contribution in [1.82, 2.24) is 20.5 Å². The van der Waals surface area contributed by atoms with Gasteiger partial charge in [0, 0.05) is 51.2 Å². The van der Waals surface area contributed by atoms with Gasteiger partial charge in [-0.3, -0.25) is 14.9 Å². The zero-order chi connectivity index (χ0) is 17.2. The summed E-state index contributed by atoms with van der Waals surface area (Å²) >= 11 is 0. The lowest BCUT2D eigenvalue weighted by Gasteiger charge is -2.32. The molecule has 0 atom stereocenters. The molecule has 0 amide bonds. The summed E-state index contributed by atoms with van der Waals surface area (Å²) in [5.41, 5.74) is 2.56. The molecule has 1 saturated heterocycles. The first-order valence-corrected chi connectivity index (χ1v) is 9.00. The lowest BCUT2D eigenvalue weighted by molar-refractivity contribution is 0.225. The maximum absolute atomic E-state index is 4.74. The fraction of sp³-hybridized carbons (Fsp3) is 0.579. The number of likely N-dealkylation sites (tertiary alicyclic amines) is 1. The summed E-state index contributed by atoms with van der Waals surface area (Å²) in [6.45, 7) is 12.9. The lowest BCUT2D eigenvalue weighted by atomic mass is 10.1. The summed E-state index contributed by atoms with van der Waals surface area (Å²) in [6.07, 6.45) is 9.01. The Hall–Kier alpha value is -1.15. The van der Waals surface area contributed by atoms with E-state index in [-0.39, 0.29) is 24.0 Å². The molecule has 0 aliphatic carbocycles. The van der Waals surface area contributed by atoms with Crippen molar-refractivity contribution in [2.45, 2.75) is 39.2 Å². The molecule has 1 aromatic rings. The van der Waals surface area contributed by atoms with Crippen LogP contribution in [0.3, 0.4) is 0 Å². The molecule has 5 nitrogen and oxygen atoms in total. The van der Waals surface area contributed by atoms with Gasteiger partial charge in [0.05, 0.1) is 0 Å². The van der Waals surface area contributed by atoms with Crippen molar-refractivity contribution in [3.63, 3.8) is 0 Å². The number of pyridine rings is 1. The quantitative estimate of drug-likeness (QED) is 0.286. The third-order valence-electron chi connectivity index (χ3n) is 4.45. The summed E-state index contributed by atoms with van der Waals surface area (Å²) in [5, 5.41) is 6.96. The largest absolute Gasteiger partial charge is 0.357 e. The van der Waals surface area contributed by atoms with E-state index in [0.717, 1.165) is 57.9 Å². The molecule has 0 saturated carbocycles. The van der Waals surface area contributed by atoms with Gasteiger partial charge in [-0.25, -0.2) is 0 Å². The molecule has 6 heteroatoms. The lowest BCUT2D eigenvalue weighted by Crippen LogP contribution is -2.48. The molecule has 0 spiro atoms. The van der Waals surface area contributed by atoms with Crippen molar-refractivity contribution < 1.29 is 0 Å². The Morgan fingerprint density at radius 2 is 2.20 bits per heavy atom. The monoisotopic (exact) mass is 457 g/mol. The van der Waals surface area contributed by atoms with Crippen molar-refractivity contribution in [1.29, 1.82) is 0 Å². The van der Waals surface area contributed by atoms with Crippen LogP contribution in [0.25, 0.3) is 0 Å². The van der Waals surface area contributed by atoms with E-state index in [0.29, 0.717) is 6.04 Å². The van der Waals surface area contributed by atoms with Gasteiger partial charge in [0.25, 0.3) is 0 Å². The number of hydrogen-bond acceptors (Lipinski definition) is 3. The van der Waals surface area contributed by atoms with Gasteiger partial charge in [-0.15, -0.1) is 30.6 Å². The highest BCUT2D eigenvalue weighted by atomic mass is 127. The van der Waals surface area contributed by atoms with E-state index < -0.39 is 0 Å². The average molecular weight is 457 g/mol. The molecule has 1 aromatic heterocycles. The highest BCUT2D eigenvalue weighted by Gasteiger charge is 2.18. The Kier molecular flexibility index (Phi) is 10.7. The van der Waals surface area contributed by atoms with Crippen molar-refractivity contribution in [2.24, 2.45) is 4.99 Å². The molecular weight excluding hydrogens is 425 g/mol. The molecule has 0 bridgehead atoms. The van der Waals surface area contributed by atoms with Gasteiger partial charge in [0.15, 0.2) is 5.96 Å². The predicted molar refractivity (Wildman–Crippen MR) is 117 cm³/mol. The van der Waals surface area contributed by atoms with E-state index in [1.54, 1.807) is 0 Å². The van der Waals surface area contributed by atoms with E-state index in [9.17, 15) is 0 Å². The molecule has 0 aromatic carbocycles. The Bertz CT molecular complexity index is 538. The second-order valence-corrected chi connectivity index (χ2v) is 6.32. The van der Waals surface area contributed by atoms with Gasteiger partial charge >= 0.3 is 0 Å². The molecule has 1 aliphatic rings. The number of hydrogen-bond donors (Lipinski definition) is 2. The van der Waals surface area contributed by atoms with Crippen LogP contribution in [0.2, 0.25) is 0 Å². The number of aryl methyl sites for hydroxylation is 1. The van der Waals surface area contributed by atoms with Crippen molar-refractivity contribution in [3.05, 3.63) is 42.2 Å². The molecule has 2 heterocycles. The standard InChI is InChI=1S/C19H31N5.HI/c1-4-12-24-13-8-18(9-14-24)23-19(21-5-2)22-11-7-17-6-10-20-15-16(17)3;/h4,6,10,15,18H,1,5,7-9,11-14H2,2-3H3,(H2,21,22,23);1H. The van der Waals surface area contributed by atoms with Crippen LogP contribution in [0, 0.1) is 6.92 Å². The molecule has 0 unspecified atom stereocenters.